The van der Waals surface area contributed by atoms with E-state index >= 15 is 0 Å². The molecule has 3 aromatic rings. The molecule has 0 bridgehead atoms. The summed E-state index contributed by atoms with van der Waals surface area (Å²) in [4.78, 5) is 14.0. The van der Waals surface area contributed by atoms with Gasteiger partial charge in [-0.05, 0) is 23.7 Å². The topological polar surface area (TPSA) is 60.0 Å². The lowest BCUT2D eigenvalue weighted by molar-refractivity contribution is -0.119. The van der Waals surface area contributed by atoms with Crippen molar-refractivity contribution in [2.45, 2.75) is 51.0 Å². The van der Waals surface area contributed by atoms with Crippen LogP contribution < -0.4 is 5.32 Å². The zero-order valence-electron chi connectivity index (χ0n) is 21.1. The minimum atomic E-state index is -0.240. The summed E-state index contributed by atoms with van der Waals surface area (Å²) in [6.45, 7) is 3.99. The monoisotopic (exact) mass is 488 g/mol. The van der Waals surface area contributed by atoms with Crippen molar-refractivity contribution >= 4 is 5.91 Å². The Morgan fingerprint density at radius 2 is 1.17 bits per heavy atom. The number of amides is 1. The highest BCUT2D eigenvalue weighted by Gasteiger charge is 2.48. The van der Waals surface area contributed by atoms with Crippen molar-refractivity contribution < 1.29 is 19.0 Å². The zero-order valence-corrected chi connectivity index (χ0v) is 21.1. The molecule has 1 N–H and O–H groups in total. The lowest BCUT2D eigenvalue weighted by Crippen LogP contribution is -2.45. The normalized spacial score (nSPS) is 21.9. The Balaban J connectivity index is 1.52. The Bertz CT molecular complexity index is 1050. The van der Waals surface area contributed by atoms with Crippen LogP contribution in [-0.2, 0) is 38.8 Å². The van der Waals surface area contributed by atoms with Gasteiger partial charge in [0.25, 0.3) is 0 Å². The molecule has 1 heterocycles. The third-order valence-corrected chi connectivity index (χ3v) is 6.66. The number of hydrogen-bond donors (Lipinski definition) is 1. The standard InChI is InChI=1S/C30H36N2O4/c1-23(33)31-18-27-29(35-20-25-14-8-4-9-15-25)30(36-21-26-16-10-5-11-17-26)28(32(27)2)22-34-19-24-12-6-3-7-13-24/h3-17,27-30H,18-22H2,1-2H3,(H,31,33)/t27-,28+,29+,30+/m0/s1. The van der Waals surface area contributed by atoms with Crippen molar-refractivity contribution in [1.29, 1.82) is 0 Å². The van der Waals surface area contributed by atoms with Gasteiger partial charge in [-0.25, -0.2) is 0 Å². The number of likely N-dealkylation sites (tertiary alicyclic amines) is 1. The molecule has 4 rings (SSSR count). The quantitative estimate of drug-likeness (QED) is 0.414. The average molecular weight is 489 g/mol. The van der Waals surface area contributed by atoms with Gasteiger partial charge < -0.3 is 19.5 Å². The largest absolute Gasteiger partial charge is 0.375 e. The second-order valence-corrected chi connectivity index (χ2v) is 9.26. The van der Waals surface area contributed by atoms with Crippen molar-refractivity contribution in [1.82, 2.24) is 10.2 Å². The number of carbonyl (C=O) groups excluding carboxylic acids is 1. The molecule has 1 amide bonds. The lowest BCUT2D eigenvalue weighted by Gasteiger charge is -2.27. The molecule has 6 nitrogen and oxygen atoms in total. The fourth-order valence-electron chi connectivity index (χ4n) is 4.69. The summed E-state index contributed by atoms with van der Waals surface area (Å²) in [5, 5.41) is 2.99. The van der Waals surface area contributed by atoms with E-state index in [0.717, 1.165) is 16.7 Å². The number of nitrogens with one attached hydrogen (secondary N) is 1. The Morgan fingerprint density at radius 3 is 1.64 bits per heavy atom. The molecule has 1 fully saturated rings. The first-order valence-electron chi connectivity index (χ1n) is 12.5. The summed E-state index contributed by atoms with van der Waals surface area (Å²) in [6, 6.07) is 30.4. The Kier molecular flexibility index (Phi) is 9.64. The van der Waals surface area contributed by atoms with E-state index in [1.807, 2.05) is 54.6 Å². The molecule has 36 heavy (non-hydrogen) atoms. The molecule has 3 aromatic carbocycles. The highest BCUT2D eigenvalue weighted by molar-refractivity contribution is 5.72. The van der Waals surface area contributed by atoms with Crippen LogP contribution in [0.25, 0.3) is 0 Å². The highest BCUT2D eigenvalue weighted by Crippen LogP contribution is 2.30. The SMILES string of the molecule is CC(=O)NC[C@H]1[C@@H](OCc2ccccc2)[C@H](OCc2ccccc2)[C@@H](COCc2ccccc2)N1C. The van der Waals surface area contributed by atoms with E-state index < -0.39 is 0 Å². The van der Waals surface area contributed by atoms with Gasteiger partial charge in [0, 0.05) is 13.5 Å². The molecule has 190 valence electrons. The van der Waals surface area contributed by atoms with Crippen LogP contribution in [0.3, 0.4) is 0 Å². The van der Waals surface area contributed by atoms with Gasteiger partial charge in [-0.3, -0.25) is 9.69 Å². The van der Waals surface area contributed by atoms with Crippen molar-refractivity contribution in [2.24, 2.45) is 0 Å². The van der Waals surface area contributed by atoms with E-state index in [2.05, 4.69) is 53.7 Å². The number of hydrogen-bond acceptors (Lipinski definition) is 5. The maximum Gasteiger partial charge on any atom is 0.216 e. The zero-order chi connectivity index (χ0) is 25.2. The van der Waals surface area contributed by atoms with Crippen LogP contribution in [0.5, 0.6) is 0 Å². The number of likely N-dealkylation sites (N-methyl/N-ethyl adjacent to an activating group) is 1. The molecule has 0 spiro atoms. The van der Waals surface area contributed by atoms with Gasteiger partial charge in [-0.15, -0.1) is 0 Å². The lowest BCUT2D eigenvalue weighted by atomic mass is 10.1. The second-order valence-electron chi connectivity index (χ2n) is 9.26. The van der Waals surface area contributed by atoms with Gasteiger partial charge in [0.2, 0.25) is 5.91 Å². The van der Waals surface area contributed by atoms with E-state index in [4.69, 9.17) is 14.2 Å². The number of ether oxygens (including phenoxy) is 3. The third kappa shape index (κ3) is 7.24. The van der Waals surface area contributed by atoms with Crippen LogP contribution in [0.2, 0.25) is 0 Å². The molecule has 1 aliphatic rings. The van der Waals surface area contributed by atoms with Crippen LogP contribution in [0, 0.1) is 0 Å². The first kappa shape index (κ1) is 26.0. The van der Waals surface area contributed by atoms with E-state index in [9.17, 15) is 4.79 Å². The molecule has 0 aliphatic carbocycles. The van der Waals surface area contributed by atoms with Crippen molar-refractivity contribution in [3.63, 3.8) is 0 Å². The minimum Gasteiger partial charge on any atom is -0.375 e. The smallest absolute Gasteiger partial charge is 0.216 e. The van der Waals surface area contributed by atoms with Crippen molar-refractivity contribution in [3.8, 4) is 0 Å². The number of benzene rings is 3. The Hall–Kier alpha value is -3.03. The van der Waals surface area contributed by atoms with Gasteiger partial charge in [-0.1, -0.05) is 91.0 Å². The van der Waals surface area contributed by atoms with Crippen LogP contribution in [0.15, 0.2) is 91.0 Å². The summed E-state index contributed by atoms with van der Waals surface area (Å²) < 4.78 is 19.3. The van der Waals surface area contributed by atoms with Gasteiger partial charge in [0.1, 0.15) is 12.2 Å². The van der Waals surface area contributed by atoms with Crippen LogP contribution >= 0.6 is 0 Å². The second kappa shape index (κ2) is 13.3. The Labute approximate surface area is 214 Å². The van der Waals surface area contributed by atoms with E-state index in [1.165, 1.54) is 0 Å². The molecule has 1 aliphatic heterocycles. The van der Waals surface area contributed by atoms with Crippen LogP contribution in [0.1, 0.15) is 23.6 Å². The molecule has 4 atom stereocenters. The molecule has 0 aromatic heterocycles. The fraction of sp³-hybridized carbons (Fsp3) is 0.367. The van der Waals surface area contributed by atoms with E-state index in [0.29, 0.717) is 33.0 Å². The molecule has 0 radical (unpaired) electrons. The average Bonchev–Trinajstić information content (AvgIpc) is 3.16. The summed E-state index contributed by atoms with van der Waals surface area (Å²) in [6.07, 6.45) is -0.468. The molecule has 0 unspecified atom stereocenters. The molecule has 0 saturated carbocycles. The van der Waals surface area contributed by atoms with Crippen LogP contribution in [0.4, 0.5) is 0 Å². The highest BCUT2D eigenvalue weighted by atomic mass is 16.5. The third-order valence-electron chi connectivity index (χ3n) is 6.66. The maximum absolute atomic E-state index is 11.8. The van der Waals surface area contributed by atoms with Gasteiger partial charge in [-0.2, -0.15) is 0 Å². The van der Waals surface area contributed by atoms with E-state index in [1.54, 1.807) is 6.92 Å². The number of rotatable bonds is 12. The maximum atomic E-state index is 11.8. The molecule has 6 heteroatoms. The minimum absolute atomic E-state index is 0.0306. The van der Waals surface area contributed by atoms with Gasteiger partial charge in [0.15, 0.2) is 0 Å². The summed E-state index contributed by atoms with van der Waals surface area (Å²) in [7, 11) is 2.06. The predicted octanol–water partition coefficient (Wildman–Crippen LogP) is 4.19. The Morgan fingerprint density at radius 1 is 0.722 bits per heavy atom. The van der Waals surface area contributed by atoms with E-state index in [-0.39, 0.29) is 30.2 Å². The summed E-state index contributed by atoms with van der Waals surface area (Å²) >= 11 is 0. The fourth-order valence-corrected chi connectivity index (χ4v) is 4.69. The predicted molar refractivity (Wildman–Crippen MR) is 140 cm³/mol. The van der Waals surface area contributed by atoms with Gasteiger partial charge in [0.05, 0.1) is 38.5 Å². The molecular formula is C30H36N2O4. The number of nitrogens with zero attached hydrogens (tertiary/aromatic N) is 1. The van der Waals surface area contributed by atoms with Gasteiger partial charge >= 0.3 is 0 Å². The molecule has 1 saturated heterocycles. The summed E-state index contributed by atoms with van der Waals surface area (Å²) in [5.74, 6) is -0.0595. The number of carbonyl (C=O) groups is 1. The summed E-state index contributed by atoms with van der Waals surface area (Å²) in [5.41, 5.74) is 3.34. The van der Waals surface area contributed by atoms with Crippen molar-refractivity contribution in [2.75, 3.05) is 20.2 Å². The first-order valence-corrected chi connectivity index (χ1v) is 12.5. The molecular weight excluding hydrogens is 452 g/mol. The van der Waals surface area contributed by atoms with Crippen LogP contribution in [-0.4, -0.2) is 55.3 Å². The first-order chi connectivity index (χ1) is 17.6. The van der Waals surface area contributed by atoms with Crippen molar-refractivity contribution in [3.05, 3.63) is 108 Å².